The zero-order valence-electron chi connectivity index (χ0n) is 12.3. The second-order valence-corrected chi connectivity index (χ2v) is 6.94. The van der Waals surface area contributed by atoms with Crippen LogP contribution in [0.25, 0.3) is 0 Å². The van der Waals surface area contributed by atoms with Crippen LogP contribution in [0.1, 0.15) is 22.3 Å². The van der Waals surface area contributed by atoms with E-state index >= 15 is 0 Å². The molecule has 1 aliphatic rings. The fourth-order valence-electron chi connectivity index (χ4n) is 2.42. The lowest BCUT2D eigenvalue weighted by atomic mass is 10.0. The number of carbonyl (C=O) groups is 1. The summed E-state index contributed by atoms with van der Waals surface area (Å²) >= 11 is 0. The third-order valence-electron chi connectivity index (χ3n) is 3.41. The smallest absolute Gasteiger partial charge is 0.251 e. The van der Waals surface area contributed by atoms with Crippen LogP contribution in [0.15, 0.2) is 18.2 Å². The highest BCUT2D eigenvalue weighted by atomic mass is 32.2. The molecule has 0 bridgehead atoms. The Morgan fingerprint density at radius 2 is 2.19 bits per heavy atom. The van der Waals surface area contributed by atoms with Crippen LogP contribution in [0.5, 0.6) is 0 Å². The topological polar surface area (TPSA) is 75.7 Å². The van der Waals surface area contributed by atoms with Crippen molar-refractivity contribution in [3.63, 3.8) is 0 Å². The first-order chi connectivity index (χ1) is 9.93. The maximum absolute atomic E-state index is 12.0. The molecule has 0 atom stereocenters. The van der Waals surface area contributed by atoms with Gasteiger partial charge in [-0.05, 0) is 36.6 Å². The van der Waals surface area contributed by atoms with Crippen molar-refractivity contribution in [2.24, 2.45) is 0 Å². The van der Waals surface area contributed by atoms with Gasteiger partial charge < -0.3 is 10.1 Å². The number of benzene rings is 1. The number of hydrogen-bond donors (Lipinski definition) is 1. The van der Waals surface area contributed by atoms with Crippen molar-refractivity contribution in [1.29, 1.82) is 0 Å². The molecule has 1 heterocycles. The first-order valence-corrected chi connectivity index (χ1v) is 8.66. The van der Waals surface area contributed by atoms with Gasteiger partial charge in [0.2, 0.25) is 10.0 Å². The van der Waals surface area contributed by atoms with Crippen LogP contribution in [-0.4, -0.2) is 47.4 Å². The molecule has 1 aliphatic heterocycles. The number of rotatable bonds is 5. The summed E-state index contributed by atoms with van der Waals surface area (Å²) in [6.07, 6.45) is 2.74. The number of amides is 1. The zero-order chi connectivity index (χ0) is 15.5. The van der Waals surface area contributed by atoms with Crippen molar-refractivity contribution in [1.82, 2.24) is 5.32 Å². The molecule has 2 rings (SSSR count). The van der Waals surface area contributed by atoms with Gasteiger partial charge in [-0.15, -0.1) is 0 Å². The minimum atomic E-state index is -3.27. The molecule has 0 aromatic heterocycles. The third-order valence-corrected chi connectivity index (χ3v) is 4.59. The Balaban J connectivity index is 2.21. The summed E-state index contributed by atoms with van der Waals surface area (Å²) in [5.41, 5.74) is 2.11. The molecular weight excluding hydrogens is 292 g/mol. The van der Waals surface area contributed by atoms with Gasteiger partial charge in [-0.25, -0.2) is 8.42 Å². The van der Waals surface area contributed by atoms with Crippen LogP contribution < -0.4 is 9.62 Å². The van der Waals surface area contributed by atoms with E-state index in [2.05, 4.69) is 5.32 Å². The van der Waals surface area contributed by atoms with E-state index < -0.39 is 10.0 Å². The molecule has 1 amide bonds. The van der Waals surface area contributed by atoms with Gasteiger partial charge in [0.25, 0.3) is 5.91 Å². The highest BCUT2D eigenvalue weighted by Gasteiger charge is 2.24. The molecule has 1 N–H and O–H groups in total. The molecule has 0 unspecified atom stereocenters. The molecule has 116 valence electrons. The Kier molecular flexibility index (Phi) is 4.84. The maximum atomic E-state index is 12.0. The molecule has 7 heteroatoms. The number of methoxy groups -OCH3 is 1. The van der Waals surface area contributed by atoms with Crippen LogP contribution in [0.3, 0.4) is 0 Å². The Morgan fingerprint density at radius 1 is 1.43 bits per heavy atom. The van der Waals surface area contributed by atoms with E-state index in [0.717, 1.165) is 18.4 Å². The number of aryl methyl sites for hydroxylation is 1. The molecule has 21 heavy (non-hydrogen) atoms. The second kappa shape index (κ2) is 6.44. The van der Waals surface area contributed by atoms with E-state index in [1.54, 1.807) is 25.3 Å². The van der Waals surface area contributed by atoms with Crippen molar-refractivity contribution in [2.45, 2.75) is 12.8 Å². The second-order valence-electron chi connectivity index (χ2n) is 5.03. The molecule has 6 nitrogen and oxygen atoms in total. The first-order valence-electron chi connectivity index (χ1n) is 6.81. The monoisotopic (exact) mass is 312 g/mol. The predicted molar refractivity (Wildman–Crippen MR) is 81.2 cm³/mol. The van der Waals surface area contributed by atoms with Crippen LogP contribution in [0, 0.1) is 0 Å². The summed E-state index contributed by atoms with van der Waals surface area (Å²) in [7, 11) is -1.70. The number of sulfonamides is 1. The number of hydrogen-bond acceptors (Lipinski definition) is 4. The van der Waals surface area contributed by atoms with Crippen LogP contribution in [0.4, 0.5) is 5.69 Å². The summed E-state index contributed by atoms with van der Waals surface area (Å²) in [4.78, 5) is 12.0. The normalized spacial score (nSPS) is 14.7. The standard InChI is InChI=1S/C14H20N2O4S/c1-20-9-7-15-14(17)12-5-6-13-11(10-12)4-3-8-16(13)21(2,18)19/h5-6,10H,3-4,7-9H2,1-2H3,(H,15,17). The van der Waals surface area contributed by atoms with Crippen molar-refractivity contribution in [3.05, 3.63) is 29.3 Å². The van der Waals surface area contributed by atoms with Gasteiger partial charge in [0.1, 0.15) is 0 Å². The summed E-state index contributed by atoms with van der Waals surface area (Å²) in [6.45, 7) is 1.39. The Bertz CT molecular complexity index is 628. The van der Waals surface area contributed by atoms with E-state index in [4.69, 9.17) is 4.74 Å². The van der Waals surface area contributed by atoms with Crippen molar-refractivity contribution >= 4 is 21.6 Å². The number of nitrogens with zero attached hydrogens (tertiary/aromatic N) is 1. The summed E-state index contributed by atoms with van der Waals surface area (Å²) < 4.78 is 29.8. The average Bonchev–Trinajstić information content (AvgIpc) is 2.45. The van der Waals surface area contributed by atoms with Gasteiger partial charge in [0.05, 0.1) is 18.6 Å². The molecule has 0 saturated carbocycles. The molecule has 0 radical (unpaired) electrons. The van der Waals surface area contributed by atoms with Gasteiger partial charge in [-0.2, -0.15) is 0 Å². The Hall–Kier alpha value is -1.60. The minimum absolute atomic E-state index is 0.175. The van der Waals surface area contributed by atoms with Crippen molar-refractivity contribution in [3.8, 4) is 0 Å². The number of anilines is 1. The quantitative estimate of drug-likeness (QED) is 0.815. The summed E-state index contributed by atoms with van der Waals surface area (Å²) in [5.74, 6) is -0.175. The van der Waals surface area contributed by atoms with Crippen LogP contribution >= 0.6 is 0 Å². The zero-order valence-corrected chi connectivity index (χ0v) is 13.1. The van der Waals surface area contributed by atoms with Gasteiger partial charge in [0, 0.05) is 25.8 Å². The summed E-state index contributed by atoms with van der Waals surface area (Å²) in [6, 6.07) is 5.14. The van der Waals surface area contributed by atoms with E-state index in [0.29, 0.717) is 30.9 Å². The van der Waals surface area contributed by atoms with Crippen LogP contribution in [0.2, 0.25) is 0 Å². The van der Waals surface area contributed by atoms with Gasteiger partial charge in [0.15, 0.2) is 0 Å². The lowest BCUT2D eigenvalue weighted by Gasteiger charge is -2.29. The summed E-state index contributed by atoms with van der Waals surface area (Å²) in [5, 5.41) is 2.75. The van der Waals surface area contributed by atoms with E-state index in [-0.39, 0.29) is 5.91 Å². The highest BCUT2D eigenvalue weighted by Crippen LogP contribution is 2.29. The number of nitrogens with one attached hydrogen (secondary N) is 1. The first kappa shape index (κ1) is 15.8. The maximum Gasteiger partial charge on any atom is 0.251 e. The highest BCUT2D eigenvalue weighted by molar-refractivity contribution is 7.92. The van der Waals surface area contributed by atoms with E-state index in [1.165, 1.54) is 10.6 Å². The van der Waals surface area contributed by atoms with Crippen LogP contribution in [-0.2, 0) is 21.2 Å². The van der Waals surface area contributed by atoms with E-state index in [1.807, 2.05) is 0 Å². The number of fused-ring (bicyclic) bond motifs is 1. The molecular formula is C14H20N2O4S. The molecule has 0 fully saturated rings. The lowest BCUT2D eigenvalue weighted by Crippen LogP contribution is -2.35. The molecule has 0 aliphatic carbocycles. The lowest BCUT2D eigenvalue weighted by molar-refractivity contribution is 0.0937. The fraction of sp³-hybridized carbons (Fsp3) is 0.500. The fourth-order valence-corrected chi connectivity index (χ4v) is 3.41. The molecule has 1 aromatic carbocycles. The average molecular weight is 312 g/mol. The molecule has 0 saturated heterocycles. The van der Waals surface area contributed by atoms with Crippen molar-refractivity contribution in [2.75, 3.05) is 37.4 Å². The van der Waals surface area contributed by atoms with Gasteiger partial charge >= 0.3 is 0 Å². The SMILES string of the molecule is COCCNC(=O)c1ccc2c(c1)CCCN2S(C)(=O)=O. The molecule has 1 aromatic rings. The Morgan fingerprint density at radius 3 is 2.86 bits per heavy atom. The van der Waals surface area contributed by atoms with Gasteiger partial charge in [-0.1, -0.05) is 0 Å². The van der Waals surface area contributed by atoms with Crippen molar-refractivity contribution < 1.29 is 17.9 Å². The number of carbonyl (C=O) groups excluding carboxylic acids is 1. The Labute approximate surface area is 125 Å². The largest absolute Gasteiger partial charge is 0.383 e. The minimum Gasteiger partial charge on any atom is -0.383 e. The van der Waals surface area contributed by atoms with Gasteiger partial charge in [-0.3, -0.25) is 9.10 Å². The van der Waals surface area contributed by atoms with E-state index in [9.17, 15) is 13.2 Å². The predicted octanol–water partition coefficient (Wildman–Crippen LogP) is 0.775. The number of ether oxygens (including phenoxy) is 1. The third kappa shape index (κ3) is 3.74. The molecule has 0 spiro atoms.